The molecule has 2 aromatic heterocycles. The van der Waals surface area contributed by atoms with Crippen LogP contribution in [-0.2, 0) is 0 Å². The second-order valence-corrected chi connectivity index (χ2v) is 6.82. The second kappa shape index (κ2) is 8.16. The Kier molecular flexibility index (Phi) is 5.27. The van der Waals surface area contributed by atoms with Crippen LogP contribution in [0.1, 0.15) is 6.42 Å². The van der Waals surface area contributed by atoms with Crippen molar-refractivity contribution < 1.29 is 9.47 Å². The first-order valence-corrected chi connectivity index (χ1v) is 9.20. The summed E-state index contributed by atoms with van der Waals surface area (Å²) in [4.78, 5) is 13.6. The van der Waals surface area contributed by atoms with Crippen LogP contribution in [0.4, 0.5) is 17.5 Å². The predicted octanol–water partition coefficient (Wildman–Crippen LogP) is 3.25. The first-order valence-electron chi connectivity index (χ1n) is 9.20. The number of anilines is 2. The van der Waals surface area contributed by atoms with Gasteiger partial charge < -0.3 is 24.5 Å². The Morgan fingerprint density at radius 1 is 1.24 bits per heavy atom. The number of aromatic nitrogens is 4. The fraction of sp³-hybridized carbons (Fsp3) is 0.300. The highest BCUT2D eigenvalue weighted by molar-refractivity contribution is 5.71. The number of likely N-dealkylation sites (tertiary alicyclic amines) is 1. The lowest BCUT2D eigenvalue weighted by Crippen LogP contribution is -2.21. The maximum Gasteiger partial charge on any atom is 0.288 e. The molecule has 3 aromatic rings. The van der Waals surface area contributed by atoms with Crippen LogP contribution in [0.5, 0.6) is 11.5 Å². The first kappa shape index (κ1) is 18.7. The largest absolute Gasteiger partial charge is 0.496 e. The zero-order chi connectivity index (χ0) is 20.2. The monoisotopic (exact) mass is 391 g/mol. The fourth-order valence-corrected chi connectivity index (χ4v) is 3.25. The lowest BCUT2D eigenvalue weighted by atomic mass is 10.1. The minimum absolute atomic E-state index is 0.203. The van der Waals surface area contributed by atoms with Crippen LogP contribution in [0, 0.1) is 6.57 Å². The normalized spacial score (nSPS) is 16.4. The van der Waals surface area contributed by atoms with Gasteiger partial charge in [0.25, 0.3) is 5.82 Å². The number of likely N-dealkylation sites (N-methyl/N-ethyl adjacent to an activating group) is 1. The van der Waals surface area contributed by atoms with Gasteiger partial charge in [-0.05, 0) is 25.6 Å². The number of rotatable bonds is 6. The Labute approximate surface area is 168 Å². The van der Waals surface area contributed by atoms with E-state index in [0.29, 0.717) is 17.4 Å². The molecule has 9 nitrogen and oxygen atoms in total. The van der Waals surface area contributed by atoms with Crippen molar-refractivity contribution in [1.29, 1.82) is 0 Å². The minimum Gasteiger partial charge on any atom is -0.496 e. The van der Waals surface area contributed by atoms with Gasteiger partial charge in [0.15, 0.2) is 17.8 Å². The molecular weight excluding hydrogens is 370 g/mol. The van der Waals surface area contributed by atoms with Crippen LogP contribution in [0.2, 0.25) is 0 Å². The summed E-state index contributed by atoms with van der Waals surface area (Å²) in [6.45, 7) is 8.90. The van der Waals surface area contributed by atoms with Gasteiger partial charge in [-0.15, -0.1) is 4.98 Å². The molecule has 1 atom stereocenters. The van der Waals surface area contributed by atoms with E-state index in [4.69, 9.17) is 16.0 Å². The highest BCUT2D eigenvalue weighted by Gasteiger charge is 2.21. The fourth-order valence-electron chi connectivity index (χ4n) is 3.25. The zero-order valence-corrected chi connectivity index (χ0v) is 16.2. The molecule has 0 aliphatic carbocycles. The summed E-state index contributed by atoms with van der Waals surface area (Å²) in [6, 6.07) is 7.65. The number of ether oxygens (including phenoxy) is 2. The van der Waals surface area contributed by atoms with Crippen molar-refractivity contribution >= 4 is 17.5 Å². The average molecular weight is 391 g/mol. The van der Waals surface area contributed by atoms with E-state index in [1.807, 2.05) is 24.3 Å². The molecule has 0 amide bonds. The maximum atomic E-state index is 6.92. The van der Waals surface area contributed by atoms with Crippen molar-refractivity contribution in [1.82, 2.24) is 25.1 Å². The van der Waals surface area contributed by atoms with E-state index in [2.05, 4.69) is 42.3 Å². The molecule has 148 valence electrons. The summed E-state index contributed by atoms with van der Waals surface area (Å²) < 4.78 is 11.7. The van der Waals surface area contributed by atoms with Crippen molar-refractivity contribution in [3.8, 4) is 22.8 Å². The van der Waals surface area contributed by atoms with Crippen LogP contribution in [0.25, 0.3) is 16.1 Å². The van der Waals surface area contributed by atoms with E-state index in [-0.39, 0.29) is 11.9 Å². The van der Waals surface area contributed by atoms with E-state index in [1.54, 1.807) is 7.11 Å². The molecule has 1 saturated heterocycles. The molecule has 3 heterocycles. The van der Waals surface area contributed by atoms with Crippen LogP contribution < -0.4 is 14.8 Å². The van der Waals surface area contributed by atoms with Crippen LogP contribution >= 0.6 is 0 Å². The van der Waals surface area contributed by atoms with Gasteiger partial charge >= 0.3 is 0 Å². The number of nitrogens with zero attached hydrogens (tertiary/aromatic N) is 5. The number of H-pyrrole nitrogens is 1. The number of hydrogen-bond donors (Lipinski definition) is 2. The predicted molar refractivity (Wildman–Crippen MR) is 109 cm³/mol. The molecule has 0 unspecified atom stereocenters. The summed E-state index contributed by atoms with van der Waals surface area (Å²) in [5.74, 6) is 2.83. The quantitative estimate of drug-likeness (QED) is 0.623. The molecule has 29 heavy (non-hydrogen) atoms. The highest BCUT2D eigenvalue weighted by Crippen LogP contribution is 2.34. The Bertz CT molecular complexity index is 1030. The Balaban J connectivity index is 1.49. The molecule has 0 spiro atoms. The van der Waals surface area contributed by atoms with Crippen LogP contribution in [-0.4, -0.2) is 58.4 Å². The van der Waals surface area contributed by atoms with Crippen molar-refractivity contribution in [3.63, 3.8) is 0 Å². The molecular formula is C20H21N7O2. The van der Waals surface area contributed by atoms with E-state index in [9.17, 15) is 0 Å². The number of aromatic amines is 1. The smallest absolute Gasteiger partial charge is 0.288 e. The Morgan fingerprint density at radius 2 is 2.14 bits per heavy atom. The molecule has 1 fully saturated rings. The summed E-state index contributed by atoms with van der Waals surface area (Å²) in [5.41, 5.74) is 1.67. The van der Waals surface area contributed by atoms with E-state index >= 15 is 0 Å². The Hall–Kier alpha value is -3.64. The maximum absolute atomic E-state index is 6.92. The van der Waals surface area contributed by atoms with E-state index in [1.165, 1.54) is 12.4 Å². The summed E-state index contributed by atoms with van der Waals surface area (Å²) in [6.07, 6.45) is 4.13. The van der Waals surface area contributed by atoms with Crippen molar-refractivity contribution in [2.24, 2.45) is 0 Å². The minimum atomic E-state index is 0.203. The molecule has 1 aromatic carbocycles. The zero-order valence-electron chi connectivity index (χ0n) is 16.2. The number of methoxy groups -OCH3 is 1. The number of nitrogens with one attached hydrogen (secondary N) is 2. The highest BCUT2D eigenvalue weighted by atomic mass is 16.5. The molecule has 1 aliphatic rings. The van der Waals surface area contributed by atoms with Gasteiger partial charge in [-0.1, -0.05) is 6.57 Å². The van der Waals surface area contributed by atoms with Gasteiger partial charge in [-0.3, -0.25) is 5.10 Å². The van der Waals surface area contributed by atoms with Crippen molar-refractivity contribution in [2.75, 3.05) is 32.6 Å². The second-order valence-electron chi connectivity index (χ2n) is 6.82. The Morgan fingerprint density at radius 3 is 2.83 bits per heavy atom. The van der Waals surface area contributed by atoms with E-state index < -0.39 is 0 Å². The molecule has 0 radical (unpaired) electrons. The van der Waals surface area contributed by atoms with Gasteiger partial charge in [0.1, 0.15) is 17.6 Å². The van der Waals surface area contributed by atoms with Gasteiger partial charge in [0, 0.05) is 30.8 Å². The topological polar surface area (TPSA) is 92.6 Å². The summed E-state index contributed by atoms with van der Waals surface area (Å²) in [7, 11) is 3.73. The lowest BCUT2D eigenvalue weighted by Gasteiger charge is -2.15. The van der Waals surface area contributed by atoms with Gasteiger partial charge in [-0.25, -0.2) is 4.98 Å². The van der Waals surface area contributed by atoms with Crippen LogP contribution in [0.3, 0.4) is 0 Å². The molecule has 0 bridgehead atoms. The van der Waals surface area contributed by atoms with Crippen molar-refractivity contribution in [3.05, 3.63) is 48.1 Å². The van der Waals surface area contributed by atoms with Crippen molar-refractivity contribution in [2.45, 2.75) is 12.5 Å². The summed E-state index contributed by atoms with van der Waals surface area (Å²) in [5, 5.41) is 10.3. The molecule has 2 N–H and O–H groups in total. The molecule has 0 saturated carbocycles. The van der Waals surface area contributed by atoms with Crippen LogP contribution in [0.15, 0.2) is 36.7 Å². The molecule has 1 aliphatic heterocycles. The lowest BCUT2D eigenvalue weighted by molar-refractivity contribution is 0.207. The first-order chi connectivity index (χ1) is 14.1. The number of hydrogen-bond acceptors (Lipinski definition) is 7. The van der Waals surface area contributed by atoms with Gasteiger partial charge in [0.05, 0.1) is 19.0 Å². The third-order valence-electron chi connectivity index (χ3n) is 4.70. The SMILES string of the molecule is [C-]#[N+]c1cnc(Nc2cc(-c3ccc(O[C@@H]4CCN(C)C4)cc3OC)[nH]n2)cn1. The third kappa shape index (κ3) is 4.28. The number of benzene rings is 1. The third-order valence-corrected chi connectivity index (χ3v) is 4.70. The van der Waals surface area contributed by atoms with Gasteiger partial charge in [-0.2, -0.15) is 5.10 Å². The summed E-state index contributed by atoms with van der Waals surface area (Å²) >= 11 is 0. The molecule has 9 heteroatoms. The standard InChI is InChI=1S/C20H21N7O2/c1-21-19-10-23-20(11-22-19)24-18-9-16(25-26-18)15-5-4-13(8-17(15)28-3)29-14-6-7-27(2)12-14/h4-5,8-11,14H,6-7,12H2,2-3H3,(H2,23,24,25,26)/t14-/m1/s1. The van der Waals surface area contributed by atoms with Gasteiger partial charge in [0.2, 0.25) is 0 Å². The average Bonchev–Trinajstić information content (AvgIpc) is 3.37. The molecule has 4 rings (SSSR count). The van der Waals surface area contributed by atoms with E-state index in [0.717, 1.165) is 36.5 Å².